The van der Waals surface area contributed by atoms with Crippen LogP contribution >= 0.6 is 0 Å². The van der Waals surface area contributed by atoms with Crippen molar-refractivity contribution in [2.24, 2.45) is 17.3 Å². The summed E-state index contributed by atoms with van der Waals surface area (Å²) < 4.78 is 12.7. The molecule has 3 aliphatic heterocycles. The van der Waals surface area contributed by atoms with Crippen molar-refractivity contribution in [1.82, 2.24) is 9.80 Å². The second kappa shape index (κ2) is 13.6. The highest BCUT2D eigenvalue weighted by Crippen LogP contribution is 2.64. The summed E-state index contributed by atoms with van der Waals surface area (Å²) in [5, 5.41) is 9.32. The van der Waals surface area contributed by atoms with Crippen molar-refractivity contribution in [3.8, 4) is 0 Å². The lowest BCUT2D eigenvalue weighted by Crippen LogP contribution is -2.61. The third-order valence-corrected chi connectivity index (χ3v) is 9.54. The van der Waals surface area contributed by atoms with Gasteiger partial charge in [0.25, 0.3) is 0 Å². The fraction of sp³-hybridized carbons (Fsp3) is 0.794. The standard InChI is InChI=1S/C34H56N2O6/c1-9-12-13-17-23-41-30(40)26-25-28(38)35(21-15-14-16-22-37)27(34(25)19-18-33(26,11-3)42-34)29(39)36(20-10-2)32(7,8)24-31(4,5)6/h9-10,25-27,37H,1-2,11-24H2,3-8H3/t25-,26+,27?,33-,34?/m0/s1. The molecular weight excluding hydrogens is 532 g/mol. The molecule has 0 radical (unpaired) electrons. The van der Waals surface area contributed by atoms with Gasteiger partial charge < -0.3 is 24.4 Å². The number of fused-ring (bicyclic) bond motifs is 1. The number of carbonyl (C=O) groups excluding carboxylic acids is 3. The van der Waals surface area contributed by atoms with Gasteiger partial charge in [0.05, 0.1) is 18.1 Å². The number of hydrogen-bond donors (Lipinski definition) is 1. The van der Waals surface area contributed by atoms with Crippen molar-refractivity contribution < 1.29 is 29.0 Å². The summed E-state index contributed by atoms with van der Waals surface area (Å²) in [5.74, 6) is -2.22. The summed E-state index contributed by atoms with van der Waals surface area (Å²) in [6, 6.07) is -0.831. The van der Waals surface area contributed by atoms with Crippen LogP contribution in [0.2, 0.25) is 0 Å². The number of ether oxygens (including phenoxy) is 2. The fourth-order valence-electron chi connectivity index (χ4n) is 8.13. The first-order chi connectivity index (χ1) is 19.7. The fourth-order valence-corrected chi connectivity index (χ4v) is 8.13. The second-order valence-electron chi connectivity index (χ2n) is 14.4. The Balaban J connectivity index is 2.02. The summed E-state index contributed by atoms with van der Waals surface area (Å²) in [4.78, 5) is 46.5. The quantitative estimate of drug-likeness (QED) is 0.138. The van der Waals surface area contributed by atoms with Gasteiger partial charge >= 0.3 is 5.97 Å². The van der Waals surface area contributed by atoms with E-state index in [1.54, 1.807) is 11.0 Å². The molecule has 1 N–H and O–H groups in total. The van der Waals surface area contributed by atoms with Crippen LogP contribution < -0.4 is 0 Å². The van der Waals surface area contributed by atoms with Crippen LogP contribution in [0.15, 0.2) is 25.3 Å². The average Bonchev–Trinajstić information content (AvgIpc) is 3.51. The van der Waals surface area contributed by atoms with Gasteiger partial charge in [-0.05, 0) is 83.5 Å². The highest BCUT2D eigenvalue weighted by molar-refractivity contribution is 5.98. The third kappa shape index (κ3) is 6.64. The minimum Gasteiger partial charge on any atom is -0.465 e. The van der Waals surface area contributed by atoms with E-state index in [0.717, 1.165) is 32.1 Å². The highest BCUT2D eigenvalue weighted by Gasteiger charge is 2.79. The Morgan fingerprint density at radius 2 is 1.81 bits per heavy atom. The van der Waals surface area contributed by atoms with E-state index in [1.807, 2.05) is 17.9 Å². The van der Waals surface area contributed by atoms with Crippen LogP contribution in [0.5, 0.6) is 0 Å². The lowest BCUT2D eigenvalue weighted by Gasteiger charge is -2.45. The predicted octanol–water partition coefficient (Wildman–Crippen LogP) is 5.43. The van der Waals surface area contributed by atoms with Crippen LogP contribution in [0.25, 0.3) is 0 Å². The molecule has 2 unspecified atom stereocenters. The monoisotopic (exact) mass is 588 g/mol. The van der Waals surface area contributed by atoms with Crippen molar-refractivity contribution in [1.29, 1.82) is 0 Å². The number of unbranched alkanes of at least 4 members (excludes halogenated alkanes) is 4. The molecule has 3 heterocycles. The normalized spacial score (nSPS) is 28.6. The number of aliphatic hydroxyl groups excluding tert-OH is 1. The number of carbonyl (C=O) groups is 3. The molecule has 2 amide bonds. The predicted molar refractivity (Wildman–Crippen MR) is 165 cm³/mol. The molecule has 1 spiro atoms. The Kier molecular flexibility index (Phi) is 11.1. The lowest BCUT2D eigenvalue weighted by atomic mass is 9.65. The maximum Gasteiger partial charge on any atom is 0.312 e. The molecule has 8 nitrogen and oxygen atoms in total. The number of rotatable bonds is 17. The molecule has 0 aliphatic carbocycles. The van der Waals surface area contributed by atoms with Crippen molar-refractivity contribution in [2.75, 3.05) is 26.3 Å². The topological polar surface area (TPSA) is 96.4 Å². The summed E-state index contributed by atoms with van der Waals surface area (Å²) in [5.41, 5.74) is -2.43. The summed E-state index contributed by atoms with van der Waals surface area (Å²) in [6.07, 6.45) is 10.6. The Morgan fingerprint density at radius 1 is 1.10 bits per heavy atom. The van der Waals surface area contributed by atoms with Crippen LogP contribution in [0.1, 0.15) is 106 Å². The van der Waals surface area contributed by atoms with Crippen molar-refractivity contribution in [2.45, 2.75) is 129 Å². The number of esters is 1. The molecule has 5 atom stereocenters. The third-order valence-electron chi connectivity index (χ3n) is 9.54. The van der Waals surface area contributed by atoms with E-state index < -0.39 is 34.6 Å². The van der Waals surface area contributed by atoms with Gasteiger partial charge in [-0.1, -0.05) is 39.8 Å². The van der Waals surface area contributed by atoms with Crippen molar-refractivity contribution in [3.63, 3.8) is 0 Å². The average molecular weight is 589 g/mol. The first kappa shape index (κ1) is 34.3. The van der Waals surface area contributed by atoms with Gasteiger partial charge in [0, 0.05) is 25.2 Å². The van der Waals surface area contributed by atoms with Crippen LogP contribution in [-0.2, 0) is 23.9 Å². The SMILES string of the molecule is C=CCCCCOC(=O)[C@H]1[C@H]2C(=O)N(CCCCCO)C(C(=O)N(CC=C)C(C)(C)CC(C)(C)C)C23CC[C@]1(CC)O3. The summed E-state index contributed by atoms with van der Waals surface area (Å²) in [7, 11) is 0. The molecule has 42 heavy (non-hydrogen) atoms. The number of hydrogen-bond acceptors (Lipinski definition) is 6. The highest BCUT2D eigenvalue weighted by atomic mass is 16.6. The van der Waals surface area contributed by atoms with E-state index in [0.29, 0.717) is 45.2 Å². The molecule has 8 heteroatoms. The van der Waals surface area contributed by atoms with E-state index in [4.69, 9.17) is 9.47 Å². The van der Waals surface area contributed by atoms with Gasteiger partial charge in [0.1, 0.15) is 17.6 Å². The lowest BCUT2D eigenvalue weighted by molar-refractivity contribution is -0.163. The Bertz CT molecular complexity index is 1000. The first-order valence-electron chi connectivity index (χ1n) is 16.1. The molecule has 3 aliphatic rings. The number of amides is 2. The van der Waals surface area contributed by atoms with Gasteiger partial charge in [-0.2, -0.15) is 0 Å². The van der Waals surface area contributed by atoms with E-state index >= 15 is 0 Å². The van der Waals surface area contributed by atoms with Gasteiger partial charge in [-0.3, -0.25) is 14.4 Å². The van der Waals surface area contributed by atoms with Crippen LogP contribution in [0.3, 0.4) is 0 Å². The minimum atomic E-state index is -1.08. The van der Waals surface area contributed by atoms with Crippen molar-refractivity contribution >= 4 is 17.8 Å². The van der Waals surface area contributed by atoms with E-state index in [-0.39, 0.29) is 36.4 Å². The molecule has 0 aromatic carbocycles. The number of nitrogens with zero attached hydrogens (tertiary/aromatic N) is 2. The Hall–Kier alpha value is -2.19. The largest absolute Gasteiger partial charge is 0.465 e. The first-order valence-corrected chi connectivity index (χ1v) is 16.1. The number of aliphatic hydroxyl groups is 1. The molecule has 0 aromatic rings. The van der Waals surface area contributed by atoms with Gasteiger partial charge in [0.15, 0.2) is 0 Å². The maximum atomic E-state index is 14.8. The number of likely N-dealkylation sites (tertiary alicyclic amines) is 1. The van der Waals surface area contributed by atoms with Crippen LogP contribution in [-0.4, -0.2) is 81.8 Å². The molecule has 3 rings (SSSR count). The smallest absolute Gasteiger partial charge is 0.312 e. The zero-order valence-corrected chi connectivity index (χ0v) is 27.1. The van der Waals surface area contributed by atoms with Crippen LogP contribution in [0.4, 0.5) is 0 Å². The molecule has 3 fully saturated rings. The molecule has 3 saturated heterocycles. The molecular formula is C34H56N2O6. The zero-order valence-electron chi connectivity index (χ0n) is 27.1. The summed E-state index contributed by atoms with van der Waals surface area (Å²) in [6.45, 7) is 21.4. The van der Waals surface area contributed by atoms with E-state index in [2.05, 4.69) is 47.8 Å². The molecule has 238 valence electrons. The number of allylic oxidation sites excluding steroid dienone is 1. The molecule has 2 bridgehead atoms. The summed E-state index contributed by atoms with van der Waals surface area (Å²) >= 11 is 0. The molecule has 0 saturated carbocycles. The van der Waals surface area contributed by atoms with Gasteiger partial charge in [-0.25, -0.2) is 0 Å². The van der Waals surface area contributed by atoms with Crippen LogP contribution in [0, 0.1) is 17.3 Å². The Morgan fingerprint density at radius 3 is 2.40 bits per heavy atom. The van der Waals surface area contributed by atoms with E-state index in [9.17, 15) is 19.5 Å². The van der Waals surface area contributed by atoms with Crippen molar-refractivity contribution in [3.05, 3.63) is 25.3 Å². The van der Waals surface area contributed by atoms with Gasteiger partial charge in [-0.15, -0.1) is 13.2 Å². The van der Waals surface area contributed by atoms with Gasteiger partial charge in [0.2, 0.25) is 11.8 Å². The Labute approximate surface area is 253 Å². The zero-order chi connectivity index (χ0) is 31.3. The molecule has 0 aromatic heterocycles. The maximum absolute atomic E-state index is 14.8. The second-order valence-corrected chi connectivity index (χ2v) is 14.4. The minimum absolute atomic E-state index is 0.0331. The van der Waals surface area contributed by atoms with E-state index in [1.165, 1.54) is 0 Å².